The van der Waals surface area contributed by atoms with Crippen molar-refractivity contribution >= 4 is 15.4 Å². The first-order chi connectivity index (χ1) is 12.7. The van der Waals surface area contributed by atoms with Crippen molar-refractivity contribution in [1.82, 2.24) is 0 Å². The highest BCUT2D eigenvalue weighted by Gasteiger charge is 2.35. The normalized spacial score (nSPS) is 20.7. The summed E-state index contributed by atoms with van der Waals surface area (Å²) in [6.07, 6.45) is 20.1. The van der Waals surface area contributed by atoms with E-state index >= 15 is 0 Å². The topological polar surface area (TPSA) is 48.1 Å². The molecule has 1 saturated heterocycles. The standard InChI is InChI=1S/C21H29O4P/c1-3-18(25-26)14-11-9-7-5-4-6-8-10-12-15-19-20(24-19)16-13-17-21(22)23-2/h4,6,8,10-12,14-15,18-20H,3,5,13,16-17,26H2,1-2H3/b6-4-,10-8+,14-11+,15-12+. The molecule has 0 radical (unpaired) electrons. The summed E-state index contributed by atoms with van der Waals surface area (Å²) in [5.41, 5.74) is 0. The molecule has 0 aliphatic carbocycles. The van der Waals surface area contributed by atoms with Crippen LogP contribution >= 0.6 is 9.47 Å². The number of methoxy groups -OCH3 is 1. The summed E-state index contributed by atoms with van der Waals surface area (Å²) in [5.74, 6) is 5.88. The second-order valence-corrected chi connectivity index (χ2v) is 6.04. The third kappa shape index (κ3) is 11.1. The minimum absolute atomic E-state index is 0.113. The molecule has 5 heteroatoms. The predicted molar refractivity (Wildman–Crippen MR) is 108 cm³/mol. The Morgan fingerprint density at radius 2 is 2.12 bits per heavy atom. The van der Waals surface area contributed by atoms with Gasteiger partial charge in [0.2, 0.25) is 0 Å². The van der Waals surface area contributed by atoms with Crippen molar-refractivity contribution < 1.29 is 18.8 Å². The Morgan fingerprint density at radius 3 is 2.85 bits per heavy atom. The summed E-state index contributed by atoms with van der Waals surface area (Å²) < 4.78 is 15.3. The van der Waals surface area contributed by atoms with E-state index in [0.717, 1.165) is 19.3 Å². The van der Waals surface area contributed by atoms with Gasteiger partial charge in [0.1, 0.15) is 6.10 Å². The van der Waals surface area contributed by atoms with Crippen LogP contribution in [0.25, 0.3) is 0 Å². The average molecular weight is 376 g/mol. The van der Waals surface area contributed by atoms with Crippen LogP contribution in [0.15, 0.2) is 48.6 Å². The number of hydrogen-bond acceptors (Lipinski definition) is 4. The third-order valence-electron chi connectivity index (χ3n) is 3.78. The van der Waals surface area contributed by atoms with Gasteiger partial charge in [-0.05, 0) is 31.4 Å². The van der Waals surface area contributed by atoms with E-state index < -0.39 is 0 Å². The molecule has 1 aliphatic rings. The summed E-state index contributed by atoms with van der Waals surface area (Å²) in [7, 11) is 3.69. The van der Waals surface area contributed by atoms with Crippen molar-refractivity contribution in [3.05, 3.63) is 48.6 Å². The van der Waals surface area contributed by atoms with Crippen molar-refractivity contribution in [3.63, 3.8) is 0 Å². The van der Waals surface area contributed by atoms with Crippen LogP contribution in [0, 0.1) is 11.8 Å². The van der Waals surface area contributed by atoms with E-state index in [4.69, 9.17) is 9.26 Å². The summed E-state index contributed by atoms with van der Waals surface area (Å²) in [4.78, 5) is 11.0. The molecule has 0 N–H and O–H groups in total. The van der Waals surface area contributed by atoms with Gasteiger partial charge in [0.05, 0.1) is 19.3 Å². The number of carbonyl (C=O) groups is 1. The number of ether oxygens (including phenoxy) is 2. The average Bonchev–Trinajstić information content (AvgIpc) is 3.40. The van der Waals surface area contributed by atoms with Crippen molar-refractivity contribution in [2.45, 2.75) is 57.3 Å². The predicted octanol–water partition coefficient (Wildman–Crippen LogP) is 4.30. The van der Waals surface area contributed by atoms with Gasteiger partial charge in [-0.15, -0.1) is 0 Å². The van der Waals surface area contributed by atoms with E-state index in [2.05, 4.69) is 33.0 Å². The number of rotatable bonds is 11. The van der Waals surface area contributed by atoms with E-state index in [9.17, 15) is 4.79 Å². The van der Waals surface area contributed by atoms with Gasteiger partial charge in [0.25, 0.3) is 0 Å². The number of epoxide rings is 1. The monoisotopic (exact) mass is 376 g/mol. The summed E-state index contributed by atoms with van der Waals surface area (Å²) >= 11 is 0. The molecule has 0 aromatic rings. The highest BCUT2D eigenvalue weighted by Crippen LogP contribution is 2.28. The van der Waals surface area contributed by atoms with Crippen molar-refractivity contribution in [2.24, 2.45) is 0 Å². The first kappa shape index (κ1) is 22.4. The van der Waals surface area contributed by atoms with E-state index in [1.54, 1.807) is 0 Å². The molecule has 0 aromatic carbocycles. The molecule has 0 bridgehead atoms. The maximum Gasteiger partial charge on any atom is 0.305 e. The molecule has 26 heavy (non-hydrogen) atoms. The van der Waals surface area contributed by atoms with Crippen LogP contribution in [0.1, 0.15) is 39.0 Å². The van der Waals surface area contributed by atoms with Gasteiger partial charge < -0.3 is 14.0 Å². The lowest BCUT2D eigenvalue weighted by Gasteiger charge is -2.04. The smallest absolute Gasteiger partial charge is 0.305 e. The molecule has 4 atom stereocenters. The fourth-order valence-corrected chi connectivity index (χ4v) is 2.45. The van der Waals surface area contributed by atoms with Gasteiger partial charge in [0, 0.05) is 22.3 Å². The third-order valence-corrected chi connectivity index (χ3v) is 4.13. The summed E-state index contributed by atoms with van der Waals surface area (Å²) in [5, 5.41) is 0. The zero-order valence-electron chi connectivity index (χ0n) is 15.6. The van der Waals surface area contributed by atoms with E-state index in [0.29, 0.717) is 12.8 Å². The Bertz CT molecular complexity index is 577. The molecule has 1 fully saturated rings. The van der Waals surface area contributed by atoms with Gasteiger partial charge in [-0.25, -0.2) is 0 Å². The molecule has 1 heterocycles. The van der Waals surface area contributed by atoms with Crippen LogP contribution in [-0.4, -0.2) is 31.4 Å². The summed E-state index contributed by atoms with van der Waals surface area (Å²) in [6, 6.07) is 0. The van der Waals surface area contributed by atoms with Crippen LogP contribution in [0.3, 0.4) is 0 Å². The highest BCUT2D eigenvalue weighted by molar-refractivity contribution is 7.09. The molecule has 4 unspecified atom stereocenters. The number of carbonyl (C=O) groups excluding carboxylic acids is 1. The van der Waals surface area contributed by atoms with Gasteiger partial charge in [-0.1, -0.05) is 55.2 Å². The second kappa shape index (κ2) is 14.5. The molecule has 0 amide bonds. The maximum absolute atomic E-state index is 11.0. The Labute approximate surface area is 159 Å². The lowest BCUT2D eigenvalue weighted by molar-refractivity contribution is -0.140. The van der Waals surface area contributed by atoms with Crippen molar-refractivity contribution in [2.75, 3.05) is 7.11 Å². The van der Waals surface area contributed by atoms with Crippen molar-refractivity contribution in [3.8, 4) is 11.8 Å². The van der Waals surface area contributed by atoms with E-state index in [1.807, 2.05) is 48.6 Å². The van der Waals surface area contributed by atoms with Gasteiger partial charge in [-0.2, -0.15) is 0 Å². The molecule has 142 valence electrons. The largest absolute Gasteiger partial charge is 0.469 e. The van der Waals surface area contributed by atoms with Gasteiger partial charge in [0.15, 0.2) is 0 Å². The van der Waals surface area contributed by atoms with E-state index in [-0.39, 0.29) is 24.3 Å². The molecule has 0 spiro atoms. The molecule has 4 nitrogen and oxygen atoms in total. The van der Waals surface area contributed by atoms with Crippen LogP contribution < -0.4 is 0 Å². The van der Waals surface area contributed by atoms with Gasteiger partial charge >= 0.3 is 5.97 Å². The highest BCUT2D eigenvalue weighted by atomic mass is 31.0. The quantitative estimate of drug-likeness (QED) is 0.177. The number of esters is 1. The Morgan fingerprint density at radius 1 is 1.31 bits per heavy atom. The minimum Gasteiger partial charge on any atom is -0.469 e. The lowest BCUT2D eigenvalue weighted by atomic mass is 10.1. The van der Waals surface area contributed by atoms with Gasteiger partial charge in [-0.3, -0.25) is 4.79 Å². The maximum atomic E-state index is 11.0. The number of hydrogen-bond donors (Lipinski definition) is 0. The molecule has 1 rings (SSSR count). The second-order valence-electron chi connectivity index (χ2n) is 5.77. The van der Waals surface area contributed by atoms with Crippen LogP contribution in [0.5, 0.6) is 0 Å². The van der Waals surface area contributed by atoms with Crippen LogP contribution in [0.2, 0.25) is 0 Å². The Hall–Kier alpha value is -1.66. The molecular formula is C21H29O4P. The fourth-order valence-electron chi connectivity index (χ4n) is 2.17. The Kier molecular flexibility index (Phi) is 12.5. The van der Waals surface area contributed by atoms with Crippen LogP contribution in [-0.2, 0) is 18.8 Å². The minimum atomic E-state index is -0.160. The zero-order chi connectivity index (χ0) is 19.0. The fraction of sp³-hybridized carbons (Fsp3) is 0.476. The molecule has 0 saturated carbocycles. The first-order valence-corrected chi connectivity index (χ1v) is 9.41. The molecule has 1 aliphatic heterocycles. The molecular weight excluding hydrogens is 347 g/mol. The summed E-state index contributed by atoms with van der Waals surface area (Å²) in [6.45, 7) is 2.07. The van der Waals surface area contributed by atoms with Crippen LogP contribution in [0.4, 0.5) is 0 Å². The first-order valence-electron chi connectivity index (χ1n) is 8.94. The van der Waals surface area contributed by atoms with Crippen molar-refractivity contribution in [1.29, 1.82) is 0 Å². The Balaban J connectivity index is 2.10. The van der Waals surface area contributed by atoms with E-state index in [1.165, 1.54) is 7.11 Å². The number of allylic oxidation sites excluding steroid dienone is 6. The lowest BCUT2D eigenvalue weighted by Crippen LogP contribution is -2.01. The SMILES string of the molecule is CCC(/C=C/C#CC\C=C/C=C/C=C/C1OC1CCCC(=O)OC)OP. The molecule has 0 aromatic heterocycles. The zero-order valence-corrected chi connectivity index (χ0v) is 16.8.